The van der Waals surface area contributed by atoms with Gasteiger partial charge in [-0.3, -0.25) is 5.32 Å². The third-order valence-corrected chi connectivity index (χ3v) is 5.90. The lowest BCUT2D eigenvalue weighted by molar-refractivity contribution is 0.176. The van der Waals surface area contributed by atoms with E-state index in [-0.39, 0.29) is 31.0 Å². The van der Waals surface area contributed by atoms with Gasteiger partial charge in [-0.25, -0.2) is 18.6 Å². The molecule has 2 fully saturated rings. The predicted molar refractivity (Wildman–Crippen MR) is 117 cm³/mol. The smallest absolute Gasteiger partial charge is 0.323 e. The number of aromatic nitrogens is 3. The molecule has 2 aliphatic rings. The Balaban J connectivity index is 0.00000245. The van der Waals surface area contributed by atoms with Crippen molar-refractivity contribution >= 4 is 35.7 Å². The summed E-state index contributed by atoms with van der Waals surface area (Å²) in [6.45, 7) is 1.42. The van der Waals surface area contributed by atoms with Gasteiger partial charge in [-0.1, -0.05) is 0 Å². The Morgan fingerprint density at radius 1 is 1.16 bits per heavy atom. The monoisotopic (exact) mass is 464 g/mol. The molecule has 2 atom stereocenters. The Morgan fingerprint density at radius 3 is 2.78 bits per heavy atom. The number of hydrogen-bond donors (Lipinski definition) is 2. The van der Waals surface area contributed by atoms with Crippen LogP contribution in [-0.2, 0) is 0 Å². The highest BCUT2D eigenvalue weighted by atomic mass is 35.5. The van der Waals surface area contributed by atoms with Crippen LogP contribution in [0.4, 0.5) is 25.2 Å². The highest BCUT2D eigenvalue weighted by molar-refractivity contribution is 5.89. The Labute approximate surface area is 189 Å². The van der Waals surface area contributed by atoms with E-state index in [2.05, 4.69) is 15.4 Å². The van der Waals surface area contributed by atoms with Gasteiger partial charge in [-0.15, -0.1) is 17.5 Å². The topological polar surface area (TPSA) is 86.0 Å². The van der Waals surface area contributed by atoms with Crippen LogP contribution in [0, 0.1) is 11.6 Å². The second-order valence-corrected chi connectivity index (χ2v) is 7.94. The Bertz CT molecular complexity index is 1140. The Kier molecular flexibility index (Phi) is 6.16. The number of halogens is 3. The van der Waals surface area contributed by atoms with E-state index in [1.165, 1.54) is 21.7 Å². The third-order valence-electron chi connectivity index (χ3n) is 5.90. The van der Waals surface area contributed by atoms with Gasteiger partial charge < -0.3 is 14.9 Å². The number of fused-ring (bicyclic) bond motifs is 1. The molecule has 0 aliphatic carbocycles. The van der Waals surface area contributed by atoms with E-state index < -0.39 is 17.7 Å². The van der Waals surface area contributed by atoms with Gasteiger partial charge in [0.2, 0.25) is 0 Å². The molecule has 0 unspecified atom stereocenters. The molecule has 11 heteroatoms. The van der Waals surface area contributed by atoms with Crippen LogP contribution in [-0.4, -0.2) is 56.4 Å². The zero-order chi connectivity index (χ0) is 21.5. The van der Waals surface area contributed by atoms with Crippen molar-refractivity contribution in [1.29, 1.82) is 0 Å². The second kappa shape index (κ2) is 8.87. The van der Waals surface area contributed by atoms with Gasteiger partial charge in [-0.2, -0.15) is 4.52 Å². The molecule has 170 valence electrons. The molecule has 2 N–H and O–H groups in total. The largest absolute Gasteiger partial charge is 0.391 e. The average molecular weight is 465 g/mol. The zero-order valence-electron chi connectivity index (χ0n) is 17.1. The molecule has 2 saturated heterocycles. The standard InChI is InChI=1S/C21H22F2N6O2.ClH/c22-13-3-4-16(23)15(10-13)17-2-1-8-28(17)19-6-5-18-24-11-20(29(18)26-19)25-21(31)27-9-7-14(30)12-27;/h3-6,10-11,14,17,30H,1-2,7-9,12H2,(H,25,31);1H/t14-,17+;/m0./s1. The maximum absolute atomic E-state index is 14.4. The molecule has 2 amide bonds. The van der Waals surface area contributed by atoms with Crippen molar-refractivity contribution in [3.8, 4) is 0 Å². The minimum absolute atomic E-state index is 0. The number of β-amino-alcohol motifs (C(OH)–C–C–N with tert-alkyl or cyclic N) is 1. The number of hydrogen-bond acceptors (Lipinski definition) is 5. The van der Waals surface area contributed by atoms with E-state index in [1.807, 2.05) is 4.90 Å². The van der Waals surface area contributed by atoms with Crippen LogP contribution < -0.4 is 10.2 Å². The molecule has 0 saturated carbocycles. The van der Waals surface area contributed by atoms with E-state index in [1.54, 1.807) is 12.1 Å². The number of carbonyl (C=O) groups excluding carboxylic acids is 1. The fourth-order valence-corrected chi connectivity index (χ4v) is 4.35. The lowest BCUT2D eigenvalue weighted by atomic mass is 10.0. The number of imidazole rings is 1. The summed E-state index contributed by atoms with van der Waals surface area (Å²) in [4.78, 5) is 20.3. The number of likely N-dealkylation sites (tertiary alicyclic amines) is 1. The highest BCUT2D eigenvalue weighted by Gasteiger charge is 2.30. The fraction of sp³-hybridized carbons (Fsp3) is 0.381. The summed E-state index contributed by atoms with van der Waals surface area (Å²) in [6, 6.07) is 6.41. The minimum atomic E-state index is -0.506. The first-order chi connectivity index (χ1) is 15.0. The van der Waals surface area contributed by atoms with E-state index >= 15 is 0 Å². The molecule has 0 spiro atoms. The van der Waals surface area contributed by atoms with Crippen molar-refractivity contribution in [1.82, 2.24) is 19.5 Å². The molecular formula is C21H23ClF2N6O2. The number of benzene rings is 1. The SMILES string of the molecule is Cl.O=C(Nc1cnc2ccc(N3CCC[C@@H]3c3cc(F)ccc3F)nn12)N1CC[C@H](O)C1. The molecule has 32 heavy (non-hydrogen) atoms. The number of nitrogens with one attached hydrogen (secondary N) is 1. The number of nitrogens with zero attached hydrogens (tertiary/aromatic N) is 5. The summed E-state index contributed by atoms with van der Waals surface area (Å²) in [5.74, 6) is 0.0701. The van der Waals surface area contributed by atoms with Crippen molar-refractivity contribution in [2.24, 2.45) is 0 Å². The minimum Gasteiger partial charge on any atom is -0.391 e. The van der Waals surface area contributed by atoms with Gasteiger partial charge in [0.05, 0.1) is 18.3 Å². The molecule has 8 nitrogen and oxygen atoms in total. The molecular weight excluding hydrogens is 442 g/mol. The van der Waals surface area contributed by atoms with Gasteiger partial charge in [0.1, 0.15) is 17.5 Å². The lowest BCUT2D eigenvalue weighted by Crippen LogP contribution is -2.34. The van der Waals surface area contributed by atoms with Crippen LogP contribution in [0.2, 0.25) is 0 Å². The molecule has 2 aromatic heterocycles. The highest BCUT2D eigenvalue weighted by Crippen LogP contribution is 2.36. The van der Waals surface area contributed by atoms with Gasteiger partial charge in [-0.05, 0) is 49.6 Å². The normalized spacial score (nSPS) is 20.6. The van der Waals surface area contributed by atoms with Crippen molar-refractivity contribution < 1.29 is 18.7 Å². The summed E-state index contributed by atoms with van der Waals surface area (Å²) < 4.78 is 29.7. The van der Waals surface area contributed by atoms with E-state index in [0.29, 0.717) is 48.8 Å². The fourth-order valence-electron chi connectivity index (χ4n) is 4.35. The lowest BCUT2D eigenvalue weighted by Gasteiger charge is -2.26. The van der Waals surface area contributed by atoms with Crippen LogP contribution in [0.25, 0.3) is 5.65 Å². The number of rotatable bonds is 3. The van der Waals surface area contributed by atoms with Crippen LogP contribution in [0.15, 0.2) is 36.5 Å². The summed E-state index contributed by atoms with van der Waals surface area (Å²) in [5, 5.41) is 17.1. The van der Waals surface area contributed by atoms with Gasteiger partial charge >= 0.3 is 6.03 Å². The van der Waals surface area contributed by atoms with Crippen LogP contribution in [0.1, 0.15) is 30.9 Å². The van der Waals surface area contributed by atoms with E-state index in [4.69, 9.17) is 0 Å². The molecule has 0 bridgehead atoms. The number of amides is 2. The molecule has 1 aromatic carbocycles. The molecule has 5 rings (SSSR count). The number of aliphatic hydroxyl groups excluding tert-OH is 1. The summed E-state index contributed by atoms with van der Waals surface area (Å²) in [7, 11) is 0. The molecule has 2 aliphatic heterocycles. The van der Waals surface area contributed by atoms with Crippen LogP contribution >= 0.6 is 12.4 Å². The van der Waals surface area contributed by atoms with E-state index in [9.17, 15) is 18.7 Å². The zero-order valence-corrected chi connectivity index (χ0v) is 17.9. The van der Waals surface area contributed by atoms with Gasteiger partial charge in [0, 0.05) is 25.2 Å². The molecule has 4 heterocycles. The van der Waals surface area contributed by atoms with Crippen LogP contribution in [0.5, 0.6) is 0 Å². The number of anilines is 2. The summed E-state index contributed by atoms with van der Waals surface area (Å²) in [6.07, 6.45) is 3.07. The van der Waals surface area contributed by atoms with Gasteiger partial charge in [0.25, 0.3) is 0 Å². The number of urea groups is 1. The summed E-state index contributed by atoms with van der Waals surface area (Å²) >= 11 is 0. The first kappa shape index (κ1) is 22.2. The van der Waals surface area contributed by atoms with Crippen LogP contribution in [0.3, 0.4) is 0 Å². The Morgan fingerprint density at radius 2 is 2.00 bits per heavy atom. The van der Waals surface area contributed by atoms with Crippen molar-refractivity contribution in [3.63, 3.8) is 0 Å². The van der Waals surface area contributed by atoms with Crippen molar-refractivity contribution in [2.45, 2.75) is 31.4 Å². The number of aliphatic hydroxyl groups is 1. The van der Waals surface area contributed by atoms with Crippen molar-refractivity contribution in [2.75, 3.05) is 29.9 Å². The molecule has 0 radical (unpaired) electrons. The molecule has 3 aromatic rings. The number of carbonyl (C=O) groups is 1. The van der Waals surface area contributed by atoms with Crippen molar-refractivity contribution in [3.05, 3.63) is 53.7 Å². The second-order valence-electron chi connectivity index (χ2n) is 7.94. The quantitative estimate of drug-likeness (QED) is 0.620. The first-order valence-corrected chi connectivity index (χ1v) is 10.3. The maximum atomic E-state index is 14.4. The van der Waals surface area contributed by atoms with Gasteiger partial charge in [0.15, 0.2) is 11.5 Å². The average Bonchev–Trinajstić information content (AvgIpc) is 3.49. The third kappa shape index (κ3) is 4.07. The first-order valence-electron chi connectivity index (χ1n) is 10.3. The van der Waals surface area contributed by atoms with E-state index in [0.717, 1.165) is 18.6 Å². The predicted octanol–water partition coefficient (Wildman–Crippen LogP) is 3.37. The Hall–Kier alpha value is -2.98. The summed E-state index contributed by atoms with van der Waals surface area (Å²) in [5.41, 5.74) is 0.860. The maximum Gasteiger partial charge on any atom is 0.323 e.